The first kappa shape index (κ1) is 8.74. The molecule has 1 N–H and O–H groups in total. The van der Waals surface area contributed by atoms with Crippen molar-refractivity contribution in [2.45, 2.75) is 13.3 Å². The highest BCUT2D eigenvalue weighted by Crippen LogP contribution is 2.22. The normalized spacial score (nSPS) is 10.6. The molecule has 14 heavy (non-hydrogen) atoms. The van der Waals surface area contributed by atoms with Gasteiger partial charge in [0.25, 0.3) is 0 Å². The molecule has 1 heterocycles. The summed E-state index contributed by atoms with van der Waals surface area (Å²) in [4.78, 5) is 10.6. The number of hydrogen-bond donors (Lipinski definition) is 1. The standard InChI is InChI=1S/C10H9NO3/c1-6-10-7(5-9(12)13)3-2-4-8(10)11-14-6/h2-4H,5H2,1H3,(H,12,13). The number of fused-ring (bicyclic) bond motifs is 1. The first-order valence-electron chi connectivity index (χ1n) is 4.24. The lowest BCUT2D eigenvalue weighted by Crippen LogP contribution is -2.00. The fraction of sp³-hybridized carbons (Fsp3) is 0.200. The molecule has 2 aromatic rings. The minimum Gasteiger partial charge on any atom is -0.481 e. The van der Waals surface area contributed by atoms with E-state index in [2.05, 4.69) is 5.16 Å². The van der Waals surface area contributed by atoms with Gasteiger partial charge in [-0.05, 0) is 18.6 Å². The second-order valence-corrected chi connectivity index (χ2v) is 3.12. The summed E-state index contributed by atoms with van der Waals surface area (Å²) in [5, 5.41) is 13.3. The molecule has 1 aromatic carbocycles. The number of carboxylic acid groups (broad SMARTS) is 1. The zero-order valence-corrected chi connectivity index (χ0v) is 7.65. The molecule has 0 aliphatic carbocycles. The molecule has 0 fully saturated rings. The van der Waals surface area contributed by atoms with E-state index < -0.39 is 5.97 Å². The van der Waals surface area contributed by atoms with Gasteiger partial charge in [-0.25, -0.2) is 0 Å². The van der Waals surface area contributed by atoms with Gasteiger partial charge in [0, 0.05) is 5.39 Å². The minimum absolute atomic E-state index is 0.000602. The van der Waals surface area contributed by atoms with Crippen molar-refractivity contribution in [1.82, 2.24) is 5.16 Å². The number of aliphatic carboxylic acids is 1. The Hall–Kier alpha value is -1.84. The van der Waals surface area contributed by atoms with E-state index in [9.17, 15) is 4.79 Å². The number of aromatic nitrogens is 1. The number of carboxylic acids is 1. The van der Waals surface area contributed by atoms with Crippen molar-refractivity contribution >= 4 is 16.9 Å². The van der Waals surface area contributed by atoms with Crippen molar-refractivity contribution < 1.29 is 14.4 Å². The van der Waals surface area contributed by atoms with Gasteiger partial charge in [-0.15, -0.1) is 0 Å². The topological polar surface area (TPSA) is 63.3 Å². The Balaban J connectivity index is 2.63. The van der Waals surface area contributed by atoms with Crippen molar-refractivity contribution in [3.8, 4) is 0 Å². The van der Waals surface area contributed by atoms with Gasteiger partial charge in [-0.2, -0.15) is 0 Å². The Morgan fingerprint density at radius 2 is 2.36 bits per heavy atom. The van der Waals surface area contributed by atoms with Crippen LogP contribution in [-0.4, -0.2) is 16.2 Å². The maximum absolute atomic E-state index is 10.6. The van der Waals surface area contributed by atoms with Gasteiger partial charge in [0.1, 0.15) is 11.3 Å². The molecule has 1 aromatic heterocycles. The van der Waals surface area contributed by atoms with E-state index in [1.807, 2.05) is 0 Å². The number of aryl methyl sites for hydroxylation is 1. The van der Waals surface area contributed by atoms with E-state index in [0.717, 1.165) is 10.9 Å². The zero-order valence-electron chi connectivity index (χ0n) is 7.65. The molecular formula is C10H9NO3. The van der Waals surface area contributed by atoms with Crippen LogP contribution in [0.25, 0.3) is 10.9 Å². The second kappa shape index (κ2) is 3.14. The molecule has 0 atom stereocenters. The summed E-state index contributed by atoms with van der Waals surface area (Å²) in [5.41, 5.74) is 1.45. The van der Waals surface area contributed by atoms with Crippen LogP contribution in [0.2, 0.25) is 0 Å². The van der Waals surface area contributed by atoms with E-state index in [1.165, 1.54) is 0 Å². The van der Waals surface area contributed by atoms with E-state index in [0.29, 0.717) is 11.3 Å². The average Bonchev–Trinajstić information content (AvgIpc) is 2.48. The second-order valence-electron chi connectivity index (χ2n) is 3.12. The van der Waals surface area contributed by atoms with Crippen LogP contribution >= 0.6 is 0 Å². The highest BCUT2D eigenvalue weighted by molar-refractivity contribution is 5.87. The van der Waals surface area contributed by atoms with Gasteiger partial charge in [0.15, 0.2) is 0 Å². The molecule has 0 radical (unpaired) electrons. The Kier molecular flexibility index (Phi) is 1.96. The van der Waals surface area contributed by atoms with Crippen molar-refractivity contribution in [2.24, 2.45) is 0 Å². The maximum atomic E-state index is 10.6. The third-order valence-electron chi connectivity index (χ3n) is 2.10. The first-order valence-corrected chi connectivity index (χ1v) is 4.24. The van der Waals surface area contributed by atoms with Crippen LogP contribution in [0.3, 0.4) is 0 Å². The maximum Gasteiger partial charge on any atom is 0.307 e. The molecule has 0 aliphatic rings. The molecule has 4 nitrogen and oxygen atoms in total. The lowest BCUT2D eigenvalue weighted by Gasteiger charge is -1.97. The van der Waals surface area contributed by atoms with Crippen LogP contribution < -0.4 is 0 Å². The summed E-state index contributed by atoms with van der Waals surface area (Å²) in [7, 11) is 0. The highest BCUT2D eigenvalue weighted by atomic mass is 16.5. The smallest absolute Gasteiger partial charge is 0.307 e. The summed E-state index contributed by atoms with van der Waals surface area (Å²) in [6, 6.07) is 5.36. The molecule has 0 saturated carbocycles. The van der Waals surface area contributed by atoms with Gasteiger partial charge < -0.3 is 9.63 Å². The predicted octanol–water partition coefficient (Wildman–Crippen LogP) is 1.76. The molecule has 4 heteroatoms. The lowest BCUT2D eigenvalue weighted by atomic mass is 10.1. The number of carbonyl (C=O) groups is 1. The first-order chi connectivity index (χ1) is 6.68. The summed E-state index contributed by atoms with van der Waals surface area (Å²) >= 11 is 0. The van der Waals surface area contributed by atoms with Gasteiger partial charge in [-0.3, -0.25) is 4.79 Å². The van der Waals surface area contributed by atoms with Crippen LogP contribution in [0.4, 0.5) is 0 Å². The van der Waals surface area contributed by atoms with E-state index in [1.54, 1.807) is 25.1 Å². The van der Waals surface area contributed by atoms with Crippen LogP contribution in [0.5, 0.6) is 0 Å². The van der Waals surface area contributed by atoms with E-state index >= 15 is 0 Å². The summed E-state index contributed by atoms with van der Waals surface area (Å²) in [5.74, 6) is -0.185. The fourth-order valence-electron chi connectivity index (χ4n) is 1.54. The largest absolute Gasteiger partial charge is 0.481 e. The monoisotopic (exact) mass is 191 g/mol. The summed E-state index contributed by atoms with van der Waals surface area (Å²) in [6.45, 7) is 1.78. The van der Waals surface area contributed by atoms with Crippen LogP contribution in [0.1, 0.15) is 11.3 Å². The molecule has 0 amide bonds. The molecule has 0 aliphatic heterocycles. The third-order valence-corrected chi connectivity index (χ3v) is 2.10. The van der Waals surface area contributed by atoms with Crippen molar-refractivity contribution in [3.63, 3.8) is 0 Å². The molecular weight excluding hydrogens is 182 g/mol. The molecule has 0 unspecified atom stereocenters. The Morgan fingerprint density at radius 1 is 1.57 bits per heavy atom. The Bertz CT molecular complexity index is 487. The zero-order chi connectivity index (χ0) is 10.1. The Morgan fingerprint density at radius 3 is 3.07 bits per heavy atom. The van der Waals surface area contributed by atoms with Crippen molar-refractivity contribution in [2.75, 3.05) is 0 Å². The van der Waals surface area contributed by atoms with Gasteiger partial charge in [0.2, 0.25) is 0 Å². The number of hydrogen-bond acceptors (Lipinski definition) is 3. The predicted molar refractivity (Wildman–Crippen MR) is 50.1 cm³/mol. The molecule has 0 bridgehead atoms. The average molecular weight is 191 g/mol. The fourth-order valence-corrected chi connectivity index (χ4v) is 1.54. The third kappa shape index (κ3) is 1.35. The molecule has 72 valence electrons. The van der Waals surface area contributed by atoms with Crippen LogP contribution in [0, 0.1) is 6.92 Å². The quantitative estimate of drug-likeness (QED) is 0.785. The van der Waals surface area contributed by atoms with Crippen molar-refractivity contribution in [1.29, 1.82) is 0 Å². The number of nitrogens with zero attached hydrogens (tertiary/aromatic N) is 1. The van der Waals surface area contributed by atoms with Gasteiger partial charge in [-0.1, -0.05) is 17.3 Å². The molecule has 2 rings (SSSR count). The minimum atomic E-state index is -0.849. The van der Waals surface area contributed by atoms with Crippen LogP contribution in [-0.2, 0) is 11.2 Å². The van der Waals surface area contributed by atoms with Crippen LogP contribution in [0.15, 0.2) is 22.7 Å². The summed E-state index contributed by atoms with van der Waals surface area (Å²) in [6.07, 6.45) is -0.000602. The van der Waals surface area contributed by atoms with E-state index in [4.69, 9.17) is 9.63 Å². The molecule has 0 saturated heterocycles. The lowest BCUT2D eigenvalue weighted by molar-refractivity contribution is -0.136. The van der Waals surface area contributed by atoms with Gasteiger partial charge in [0.05, 0.1) is 6.42 Å². The summed E-state index contributed by atoms with van der Waals surface area (Å²) < 4.78 is 4.99. The highest BCUT2D eigenvalue weighted by Gasteiger charge is 2.10. The van der Waals surface area contributed by atoms with Crippen molar-refractivity contribution in [3.05, 3.63) is 29.5 Å². The number of rotatable bonds is 2. The Labute approximate surface area is 80.1 Å². The molecule has 0 spiro atoms. The SMILES string of the molecule is Cc1onc2cccc(CC(=O)O)c12. The van der Waals surface area contributed by atoms with Gasteiger partial charge >= 0.3 is 5.97 Å². The number of benzene rings is 1. The van der Waals surface area contributed by atoms with E-state index in [-0.39, 0.29) is 6.42 Å².